The van der Waals surface area contributed by atoms with Gasteiger partial charge in [0.25, 0.3) is 0 Å². The minimum Gasteiger partial charge on any atom is -0.127 e. The van der Waals surface area contributed by atoms with Gasteiger partial charge >= 0.3 is 0 Å². The summed E-state index contributed by atoms with van der Waals surface area (Å²) in [5.41, 5.74) is 0. The van der Waals surface area contributed by atoms with E-state index in [9.17, 15) is 0 Å². The highest BCUT2D eigenvalue weighted by Crippen LogP contribution is 2.16. The molecular weight excluding hydrogens is 308 g/mol. The van der Waals surface area contributed by atoms with Crippen LogP contribution >= 0.6 is 11.6 Å². The van der Waals surface area contributed by atoms with E-state index in [4.69, 9.17) is 11.6 Å². The Morgan fingerprint density at radius 2 is 1.33 bits per heavy atom. The highest BCUT2D eigenvalue weighted by molar-refractivity contribution is 6.90. The molecule has 0 radical (unpaired) electrons. The average Bonchev–Trinajstić information content (AvgIpc) is 2.54. The molecule has 2 rings (SSSR count). The molecule has 0 saturated carbocycles. The Morgan fingerprint density at radius 3 is 1.81 bits per heavy atom. The number of rotatable bonds is 8. The molecule has 1 unspecified atom stereocenters. The molecule has 0 bridgehead atoms. The van der Waals surface area contributed by atoms with E-state index in [-0.39, 0.29) is 0 Å². The molecule has 0 nitrogen and oxygen atoms in total. The zero-order valence-corrected chi connectivity index (χ0v) is 16.8. The van der Waals surface area contributed by atoms with Crippen molar-refractivity contribution < 1.29 is 0 Å². The molecule has 2 aromatic carbocycles. The lowest BCUT2D eigenvalue weighted by atomic mass is 10.2. The molecule has 1 atom stereocenters. The Kier molecular flexibility index (Phi) is 7.27. The van der Waals surface area contributed by atoms with Gasteiger partial charge in [-0.2, -0.15) is 0 Å². The Morgan fingerprint density at radius 1 is 0.810 bits per heavy atom. The third kappa shape index (κ3) is 5.13. The third-order valence-corrected chi connectivity index (χ3v) is 10.7. The van der Waals surface area contributed by atoms with Crippen molar-refractivity contribution in [2.75, 3.05) is 5.88 Å². The van der Waals surface area contributed by atoms with Crippen molar-refractivity contribution in [3.8, 4) is 0 Å². The van der Waals surface area contributed by atoms with Gasteiger partial charge in [-0.05, 0) is 6.42 Å². The van der Waals surface area contributed by atoms with Crippen molar-refractivity contribution in [2.45, 2.75) is 30.8 Å². The number of unbranched alkanes of at least 4 members (excludes halogenated alkanes) is 2. The molecule has 2 aromatic rings. The average molecular weight is 333 g/mol. The maximum absolute atomic E-state index is 5.79. The van der Waals surface area contributed by atoms with E-state index in [1.54, 1.807) is 10.4 Å². The van der Waals surface area contributed by atoms with E-state index in [1.807, 2.05) is 0 Å². The van der Waals surface area contributed by atoms with E-state index >= 15 is 0 Å². The van der Waals surface area contributed by atoms with E-state index in [0.717, 1.165) is 11.0 Å². The molecule has 0 spiro atoms. The zero-order valence-electron chi connectivity index (χ0n) is 12.8. The lowest BCUT2D eigenvalue weighted by molar-refractivity contribution is 0.689. The van der Waals surface area contributed by atoms with Crippen LogP contribution in [0.2, 0.25) is 5.16 Å². The Bertz CT molecular complexity index is 462. The normalized spacial score (nSPS) is 12.7. The van der Waals surface area contributed by atoms with Crippen LogP contribution in [0.4, 0.5) is 0 Å². The van der Waals surface area contributed by atoms with Gasteiger partial charge in [0, 0.05) is 16.1 Å². The van der Waals surface area contributed by atoms with Gasteiger partial charge in [-0.1, -0.05) is 95.5 Å². The van der Waals surface area contributed by atoms with Crippen molar-refractivity contribution in [1.82, 2.24) is 0 Å². The lowest BCUT2D eigenvalue weighted by Gasteiger charge is -2.23. The maximum Gasteiger partial charge on any atom is 0.102 e. The molecule has 21 heavy (non-hydrogen) atoms. The molecular formula is C18H25ClSi2. The summed E-state index contributed by atoms with van der Waals surface area (Å²) in [5.74, 6) is 0.810. The van der Waals surface area contributed by atoms with Crippen LogP contribution in [-0.2, 0) is 0 Å². The first kappa shape index (κ1) is 16.5. The lowest BCUT2D eigenvalue weighted by Crippen LogP contribution is -2.46. The largest absolute Gasteiger partial charge is 0.127 e. The van der Waals surface area contributed by atoms with E-state index in [2.05, 4.69) is 60.7 Å². The number of halogens is 1. The highest BCUT2D eigenvalue weighted by atomic mass is 35.5. The highest BCUT2D eigenvalue weighted by Gasteiger charge is 2.22. The van der Waals surface area contributed by atoms with E-state index in [0.29, 0.717) is 0 Å². The fraction of sp³-hybridized carbons (Fsp3) is 0.333. The van der Waals surface area contributed by atoms with Crippen LogP contribution < -0.4 is 10.4 Å². The molecule has 3 heteroatoms. The second kappa shape index (κ2) is 9.24. The van der Waals surface area contributed by atoms with Gasteiger partial charge in [0.2, 0.25) is 0 Å². The van der Waals surface area contributed by atoms with Crippen LogP contribution in [0.1, 0.15) is 25.7 Å². The van der Waals surface area contributed by atoms with Gasteiger partial charge in [-0.25, -0.2) is 0 Å². The van der Waals surface area contributed by atoms with Crippen LogP contribution in [0.15, 0.2) is 60.7 Å². The number of hydrogen-bond donors (Lipinski definition) is 0. The van der Waals surface area contributed by atoms with Crippen LogP contribution in [0.3, 0.4) is 0 Å². The first-order chi connectivity index (χ1) is 10.3. The van der Waals surface area contributed by atoms with Gasteiger partial charge in [-0.3, -0.25) is 0 Å². The second-order valence-corrected chi connectivity index (χ2v) is 12.4. The first-order valence-corrected chi connectivity index (χ1v) is 11.5. The van der Waals surface area contributed by atoms with Crippen molar-refractivity contribution >= 4 is 41.0 Å². The van der Waals surface area contributed by atoms with Crippen LogP contribution in [-0.4, -0.2) is 24.9 Å². The smallest absolute Gasteiger partial charge is 0.102 e. The molecule has 0 aliphatic carbocycles. The summed E-state index contributed by atoms with van der Waals surface area (Å²) in [5, 5.41) is 4.12. The molecule has 0 N–H and O–H groups in total. The number of hydrogen-bond acceptors (Lipinski definition) is 0. The van der Waals surface area contributed by atoms with Crippen molar-refractivity contribution in [2.24, 2.45) is 0 Å². The fourth-order valence-electron chi connectivity index (χ4n) is 3.07. The summed E-state index contributed by atoms with van der Waals surface area (Å²) in [6, 6.07) is 22.4. The summed E-state index contributed by atoms with van der Waals surface area (Å²) in [4.78, 5) is 0. The molecule has 0 amide bonds. The predicted octanol–water partition coefficient (Wildman–Crippen LogP) is 2.52. The van der Waals surface area contributed by atoms with Crippen molar-refractivity contribution in [3.05, 3.63) is 60.7 Å². The fourth-order valence-corrected chi connectivity index (χ4v) is 9.52. The summed E-state index contributed by atoms with van der Waals surface area (Å²) >= 11 is 5.79. The number of benzene rings is 2. The topological polar surface area (TPSA) is 0 Å². The van der Waals surface area contributed by atoms with Gasteiger partial charge in [0.15, 0.2) is 0 Å². The zero-order chi connectivity index (χ0) is 14.9. The Hall–Kier alpha value is -0.836. The molecule has 112 valence electrons. The van der Waals surface area contributed by atoms with Crippen molar-refractivity contribution in [3.63, 3.8) is 0 Å². The minimum absolute atomic E-state index is 0.810. The SMILES string of the molecule is [SiH3]C(CCCCCCl)[SiH](c1ccccc1)c1ccccc1. The van der Waals surface area contributed by atoms with E-state index < -0.39 is 8.80 Å². The first-order valence-electron chi connectivity index (χ1n) is 7.98. The van der Waals surface area contributed by atoms with E-state index in [1.165, 1.54) is 35.9 Å². The molecule has 0 aliphatic heterocycles. The van der Waals surface area contributed by atoms with Gasteiger partial charge in [0.05, 0.1) is 0 Å². The van der Waals surface area contributed by atoms with Crippen LogP contribution in [0.5, 0.6) is 0 Å². The summed E-state index contributed by atoms with van der Waals surface area (Å²) < 4.78 is 0. The molecule has 0 heterocycles. The standard InChI is InChI=1S/C18H25ClSi2/c19-15-9-3-8-14-18(20)21(16-10-4-1-5-11-16)17-12-6-2-7-13-17/h1-2,4-7,10-13,18,21H,3,8-9,14-15H2,20H3. The van der Waals surface area contributed by atoms with Crippen molar-refractivity contribution in [1.29, 1.82) is 0 Å². The Balaban J connectivity index is 2.13. The number of alkyl halides is 1. The maximum atomic E-state index is 5.79. The van der Waals surface area contributed by atoms with Crippen LogP contribution in [0, 0.1) is 0 Å². The summed E-state index contributed by atoms with van der Waals surface area (Å²) in [6.07, 6.45) is 5.17. The molecule has 0 aliphatic rings. The monoisotopic (exact) mass is 332 g/mol. The molecule has 0 aromatic heterocycles. The second-order valence-electron chi connectivity index (χ2n) is 5.81. The quantitative estimate of drug-likeness (QED) is 0.396. The van der Waals surface area contributed by atoms with Gasteiger partial charge in [0.1, 0.15) is 8.80 Å². The molecule has 0 fully saturated rings. The van der Waals surface area contributed by atoms with Crippen LogP contribution in [0.25, 0.3) is 0 Å². The van der Waals surface area contributed by atoms with Gasteiger partial charge < -0.3 is 0 Å². The summed E-state index contributed by atoms with van der Waals surface area (Å²) in [7, 11) is 0.222. The van der Waals surface area contributed by atoms with Gasteiger partial charge in [-0.15, -0.1) is 11.6 Å². The third-order valence-electron chi connectivity index (χ3n) is 4.18. The summed E-state index contributed by atoms with van der Waals surface area (Å²) in [6.45, 7) is 0. The predicted molar refractivity (Wildman–Crippen MR) is 102 cm³/mol. The Labute approximate surface area is 138 Å². The minimum atomic E-state index is -1.07. The molecule has 0 saturated heterocycles.